The first-order valence-corrected chi connectivity index (χ1v) is 10.5. The maximum absolute atomic E-state index is 12.2. The molecule has 6 nitrogen and oxygen atoms in total. The number of unbranched alkanes of at least 4 members (excludes halogenated alkanes) is 2. The van der Waals surface area contributed by atoms with Crippen LogP contribution < -0.4 is 10.9 Å². The summed E-state index contributed by atoms with van der Waals surface area (Å²) in [6.07, 6.45) is 5.34. The monoisotopic (exact) mass is 406 g/mol. The predicted octanol–water partition coefficient (Wildman–Crippen LogP) is 4.41. The maximum atomic E-state index is 12.2. The van der Waals surface area contributed by atoms with Crippen LogP contribution in [0.25, 0.3) is 0 Å². The maximum Gasteiger partial charge on any atom is 0.331 e. The lowest BCUT2D eigenvalue weighted by Gasteiger charge is -2.08. The van der Waals surface area contributed by atoms with Crippen molar-refractivity contribution >= 4 is 23.2 Å². The quantitative estimate of drug-likeness (QED) is 0.348. The average molecular weight is 407 g/mol. The van der Waals surface area contributed by atoms with Gasteiger partial charge in [0.15, 0.2) is 0 Å². The summed E-state index contributed by atoms with van der Waals surface area (Å²) in [4.78, 5) is 24.4. The van der Waals surface area contributed by atoms with Gasteiger partial charge in [0.1, 0.15) is 0 Å². The second kappa shape index (κ2) is 13.0. The highest BCUT2D eigenvalue weighted by Gasteiger charge is 2.14. The fourth-order valence-electron chi connectivity index (χ4n) is 2.82. The second-order valence-corrected chi connectivity index (χ2v) is 6.94. The number of carbonyl (C=O) groups excluding carboxylic acids is 2. The van der Waals surface area contributed by atoms with E-state index < -0.39 is 11.8 Å². The second-order valence-electron chi connectivity index (χ2n) is 6.94. The van der Waals surface area contributed by atoms with Crippen molar-refractivity contribution in [2.24, 2.45) is 10.2 Å². The van der Waals surface area contributed by atoms with Gasteiger partial charge in [-0.1, -0.05) is 87.4 Å². The summed E-state index contributed by atoms with van der Waals surface area (Å²) in [5.74, 6) is -1.68. The SMILES string of the molecule is CCCC/C(=N\NC(=O)C(=O)N/N=C(\CCCC)c1ccccc1)c1ccccc1. The van der Waals surface area contributed by atoms with Crippen LogP contribution in [0, 0.1) is 0 Å². The Morgan fingerprint density at radius 2 is 1.03 bits per heavy atom. The van der Waals surface area contributed by atoms with Gasteiger partial charge in [0.05, 0.1) is 11.4 Å². The third-order valence-corrected chi connectivity index (χ3v) is 4.54. The van der Waals surface area contributed by atoms with Crippen LogP contribution in [-0.4, -0.2) is 23.2 Å². The molecular formula is C24H30N4O2. The Balaban J connectivity index is 2.05. The van der Waals surface area contributed by atoms with Crippen molar-refractivity contribution in [2.45, 2.75) is 52.4 Å². The summed E-state index contributed by atoms with van der Waals surface area (Å²) in [6, 6.07) is 19.3. The van der Waals surface area contributed by atoms with Crippen LogP contribution in [0.3, 0.4) is 0 Å². The molecule has 0 aliphatic heterocycles. The molecule has 2 rings (SSSR count). The first-order valence-electron chi connectivity index (χ1n) is 10.5. The molecule has 0 fully saturated rings. The molecule has 2 N–H and O–H groups in total. The molecule has 2 aromatic carbocycles. The van der Waals surface area contributed by atoms with Gasteiger partial charge in [-0.3, -0.25) is 9.59 Å². The van der Waals surface area contributed by atoms with E-state index in [-0.39, 0.29) is 0 Å². The molecule has 6 heteroatoms. The summed E-state index contributed by atoms with van der Waals surface area (Å²) in [7, 11) is 0. The molecule has 30 heavy (non-hydrogen) atoms. The molecule has 0 atom stereocenters. The van der Waals surface area contributed by atoms with E-state index in [0.29, 0.717) is 0 Å². The van der Waals surface area contributed by atoms with Crippen molar-refractivity contribution in [1.82, 2.24) is 10.9 Å². The summed E-state index contributed by atoms with van der Waals surface area (Å²) >= 11 is 0. The zero-order valence-electron chi connectivity index (χ0n) is 17.7. The van der Waals surface area contributed by atoms with E-state index in [0.717, 1.165) is 61.1 Å². The summed E-state index contributed by atoms with van der Waals surface area (Å²) in [6.45, 7) is 4.19. The van der Waals surface area contributed by atoms with E-state index in [1.807, 2.05) is 60.7 Å². The zero-order chi connectivity index (χ0) is 21.6. The predicted molar refractivity (Wildman–Crippen MR) is 121 cm³/mol. The Kier molecular flexibility index (Phi) is 10.00. The third kappa shape index (κ3) is 7.62. The van der Waals surface area contributed by atoms with E-state index in [1.165, 1.54) is 0 Å². The highest BCUT2D eigenvalue weighted by molar-refractivity contribution is 6.35. The minimum Gasteiger partial charge on any atom is -0.262 e. The highest BCUT2D eigenvalue weighted by atomic mass is 16.2. The molecule has 0 radical (unpaired) electrons. The molecule has 0 aromatic heterocycles. The van der Waals surface area contributed by atoms with E-state index in [4.69, 9.17) is 0 Å². The Labute approximate surface area is 178 Å². The molecule has 0 saturated carbocycles. The van der Waals surface area contributed by atoms with Crippen molar-refractivity contribution in [2.75, 3.05) is 0 Å². The van der Waals surface area contributed by atoms with Crippen molar-refractivity contribution in [3.63, 3.8) is 0 Å². The zero-order valence-corrected chi connectivity index (χ0v) is 17.7. The third-order valence-electron chi connectivity index (χ3n) is 4.54. The fourth-order valence-corrected chi connectivity index (χ4v) is 2.82. The topological polar surface area (TPSA) is 82.9 Å². The lowest BCUT2D eigenvalue weighted by Crippen LogP contribution is -2.36. The number of rotatable bonds is 10. The first-order chi connectivity index (χ1) is 14.7. The number of hydrogen-bond acceptors (Lipinski definition) is 4. The van der Waals surface area contributed by atoms with Crippen LogP contribution in [-0.2, 0) is 9.59 Å². The van der Waals surface area contributed by atoms with Gasteiger partial charge >= 0.3 is 11.8 Å². The molecular weight excluding hydrogens is 376 g/mol. The van der Waals surface area contributed by atoms with Crippen LogP contribution in [0.4, 0.5) is 0 Å². The Morgan fingerprint density at radius 1 is 0.667 bits per heavy atom. The van der Waals surface area contributed by atoms with Gasteiger partial charge in [0.25, 0.3) is 0 Å². The molecule has 0 spiro atoms. The molecule has 2 aromatic rings. The number of carbonyl (C=O) groups is 2. The van der Waals surface area contributed by atoms with Crippen molar-refractivity contribution in [1.29, 1.82) is 0 Å². The fraction of sp³-hybridized carbons (Fsp3) is 0.333. The van der Waals surface area contributed by atoms with Crippen LogP contribution >= 0.6 is 0 Å². The van der Waals surface area contributed by atoms with E-state index >= 15 is 0 Å². The van der Waals surface area contributed by atoms with E-state index in [2.05, 4.69) is 34.9 Å². The van der Waals surface area contributed by atoms with Gasteiger partial charge in [-0.2, -0.15) is 10.2 Å². The molecule has 0 heterocycles. The molecule has 158 valence electrons. The summed E-state index contributed by atoms with van der Waals surface area (Å²) in [5, 5.41) is 8.39. The minimum atomic E-state index is -0.841. The lowest BCUT2D eigenvalue weighted by atomic mass is 10.1. The number of hydrogen-bond donors (Lipinski definition) is 2. The van der Waals surface area contributed by atoms with Gasteiger partial charge in [0, 0.05) is 0 Å². The first kappa shape index (κ1) is 23.0. The van der Waals surface area contributed by atoms with Crippen LogP contribution in [0.1, 0.15) is 63.5 Å². The smallest absolute Gasteiger partial charge is 0.262 e. The van der Waals surface area contributed by atoms with Crippen molar-refractivity contribution in [3.8, 4) is 0 Å². The van der Waals surface area contributed by atoms with Gasteiger partial charge < -0.3 is 0 Å². The van der Waals surface area contributed by atoms with E-state index in [9.17, 15) is 9.59 Å². The highest BCUT2D eigenvalue weighted by Crippen LogP contribution is 2.09. The van der Waals surface area contributed by atoms with Gasteiger partial charge in [-0.15, -0.1) is 0 Å². The van der Waals surface area contributed by atoms with Crippen molar-refractivity contribution < 1.29 is 9.59 Å². The minimum absolute atomic E-state index is 0.718. The number of hydrazone groups is 2. The summed E-state index contributed by atoms with van der Waals surface area (Å²) in [5.41, 5.74) is 8.07. The van der Waals surface area contributed by atoms with Gasteiger partial charge in [-0.25, -0.2) is 10.9 Å². The molecule has 0 saturated heterocycles. The number of benzene rings is 2. The molecule has 0 bridgehead atoms. The van der Waals surface area contributed by atoms with Gasteiger partial charge in [-0.05, 0) is 36.8 Å². The molecule has 0 unspecified atom stereocenters. The lowest BCUT2D eigenvalue weighted by molar-refractivity contribution is -0.139. The number of nitrogens with one attached hydrogen (secondary N) is 2. The van der Waals surface area contributed by atoms with Crippen LogP contribution in [0.5, 0.6) is 0 Å². The Morgan fingerprint density at radius 3 is 1.37 bits per heavy atom. The standard InChI is InChI=1S/C24H30N4O2/c1-3-5-17-21(19-13-9-7-10-14-19)25-27-23(29)24(30)28-26-22(18-6-4-2)20-15-11-8-12-16-20/h7-16H,3-6,17-18H2,1-2H3,(H,27,29)(H,28,30)/b25-21+,26-22+. The normalized spacial score (nSPS) is 11.8. The molecule has 2 amide bonds. The largest absolute Gasteiger partial charge is 0.331 e. The number of amides is 2. The number of nitrogens with zero attached hydrogens (tertiary/aromatic N) is 2. The Hall–Kier alpha value is -3.28. The summed E-state index contributed by atoms with van der Waals surface area (Å²) < 4.78 is 0. The van der Waals surface area contributed by atoms with Gasteiger partial charge in [0.2, 0.25) is 0 Å². The Bertz CT molecular complexity index is 788. The molecule has 0 aliphatic rings. The van der Waals surface area contributed by atoms with Crippen LogP contribution in [0.2, 0.25) is 0 Å². The molecule has 0 aliphatic carbocycles. The van der Waals surface area contributed by atoms with Crippen LogP contribution in [0.15, 0.2) is 70.9 Å². The van der Waals surface area contributed by atoms with E-state index in [1.54, 1.807) is 0 Å². The average Bonchev–Trinajstić information content (AvgIpc) is 2.80. The van der Waals surface area contributed by atoms with Crippen molar-refractivity contribution in [3.05, 3.63) is 71.8 Å².